The van der Waals surface area contributed by atoms with Crippen molar-refractivity contribution in [3.8, 4) is 0 Å². The predicted octanol–water partition coefficient (Wildman–Crippen LogP) is 0.180. The number of carbonyl (C=O) groups is 1. The molecule has 0 aliphatic heterocycles. The van der Waals surface area contributed by atoms with Gasteiger partial charge in [-0.2, -0.15) is 0 Å². The molecular formula is C10H7N2O2-. The molecule has 14 heavy (non-hydrogen) atoms. The monoisotopic (exact) mass is 187 g/mol. The molecule has 0 atom stereocenters. The van der Waals surface area contributed by atoms with E-state index in [0.29, 0.717) is 5.52 Å². The van der Waals surface area contributed by atoms with E-state index in [0.717, 1.165) is 5.39 Å². The van der Waals surface area contributed by atoms with Crippen molar-refractivity contribution in [2.75, 3.05) is 5.73 Å². The van der Waals surface area contributed by atoms with Crippen LogP contribution in [0.2, 0.25) is 0 Å². The van der Waals surface area contributed by atoms with Crippen LogP contribution in [0.25, 0.3) is 10.9 Å². The predicted molar refractivity (Wildman–Crippen MR) is 50.5 cm³/mol. The molecule has 0 saturated heterocycles. The number of anilines is 1. The number of rotatable bonds is 1. The number of nitrogens with zero attached hydrogens (tertiary/aromatic N) is 1. The normalized spacial score (nSPS) is 10.3. The fraction of sp³-hybridized carbons (Fsp3) is 0. The lowest BCUT2D eigenvalue weighted by molar-refractivity contribution is -0.254. The van der Waals surface area contributed by atoms with E-state index in [9.17, 15) is 9.90 Å². The van der Waals surface area contributed by atoms with Crippen LogP contribution in [0, 0.1) is 0 Å². The first kappa shape index (κ1) is 8.50. The highest BCUT2D eigenvalue weighted by Crippen LogP contribution is 2.17. The van der Waals surface area contributed by atoms with Gasteiger partial charge in [0.15, 0.2) is 0 Å². The summed E-state index contributed by atoms with van der Waals surface area (Å²) in [6.07, 6.45) is 0. The Hall–Kier alpha value is -2.10. The number of nitrogen functional groups attached to an aromatic ring is 1. The van der Waals surface area contributed by atoms with Crippen LogP contribution in [0.5, 0.6) is 0 Å². The Labute approximate surface area is 80.0 Å². The summed E-state index contributed by atoms with van der Waals surface area (Å²) in [7, 11) is 0. The van der Waals surface area contributed by atoms with Gasteiger partial charge in [0, 0.05) is 10.9 Å². The van der Waals surface area contributed by atoms with Crippen molar-refractivity contribution < 1.29 is 9.90 Å². The zero-order valence-electron chi connectivity index (χ0n) is 7.23. The summed E-state index contributed by atoms with van der Waals surface area (Å²) in [6.45, 7) is 0. The van der Waals surface area contributed by atoms with Gasteiger partial charge in [-0.3, -0.25) is 0 Å². The van der Waals surface area contributed by atoms with Crippen LogP contribution >= 0.6 is 0 Å². The molecular weight excluding hydrogens is 180 g/mol. The Kier molecular flexibility index (Phi) is 1.81. The zero-order chi connectivity index (χ0) is 10.1. The SMILES string of the molecule is Nc1nc2ccccc2cc1C(=O)[O-]. The number of carboxylic acid groups (broad SMARTS) is 1. The van der Waals surface area contributed by atoms with Gasteiger partial charge in [0.05, 0.1) is 11.5 Å². The topological polar surface area (TPSA) is 79.0 Å². The quantitative estimate of drug-likeness (QED) is 0.690. The number of hydrogen-bond acceptors (Lipinski definition) is 4. The molecule has 0 unspecified atom stereocenters. The van der Waals surface area contributed by atoms with E-state index in [-0.39, 0.29) is 11.4 Å². The summed E-state index contributed by atoms with van der Waals surface area (Å²) in [6, 6.07) is 8.62. The standard InChI is InChI=1S/C10H8N2O2/c11-9-7(10(13)14)5-6-3-1-2-4-8(6)12-9/h1-5H,(H2,11,12)(H,13,14)/p-1. The molecule has 70 valence electrons. The van der Waals surface area contributed by atoms with Gasteiger partial charge in [-0.25, -0.2) is 4.98 Å². The summed E-state index contributed by atoms with van der Waals surface area (Å²) in [5, 5.41) is 11.4. The minimum Gasteiger partial charge on any atom is -0.545 e. The van der Waals surface area contributed by atoms with Crippen LogP contribution in [0.15, 0.2) is 30.3 Å². The highest BCUT2D eigenvalue weighted by atomic mass is 16.4. The summed E-state index contributed by atoms with van der Waals surface area (Å²) in [5.74, 6) is -1.32. The van der Waals surface area contributed by atoms with Gasteiger partial charge < -0.3 is 15.6 Å². The van der Waals surface area contributed by atoms with Crippen LogP contribution in [0.1, 0.15) is 10.4 Å². The molecule has 0 spiro atoms. The van der Waals surface area contributed by atoms with Crippen LogP contribution in [-0.4, -0.2) is 11.0 Å². The number of carbonyl (C=O) groups excluding carboxylic acids is 1. The lowest BCUT2D eigenvalue weighted by atomic mass is 10.1. The molecule has 2 aromatic rings. The molecule has 0 bridgehead atoms. The van der Waals surface area contributed by atoms with Crippen molar-refractivity contribution in [1.29, 1.82) is 0 Å². The highest BCUT2D eigenvalue weighted by Gasteiger charge is 2.03. The molecule has 0 fully saturated rings. The lowest BCUT2D eigenvalue weighted by Gasteiger charge is -2.06. The largest absolute Gasteiger partial charge is 0.545 e. The van der Waals surface area contributed by atoms with E-state index in [4.69, 9.17) is 5.73 Å². The molecule has 1 heterocycles. The number of pyridine rings is 1. The number of carboxylic acids is 1. The first-order valence-electron chi connectivity index (χ1n) is 4.05. The van der Waals surface area contributed by atoms with Gasteiger partial charge in [-0.1, -0.05) is 18.2 Å². The molecule has 1 aromatic carbocycles. The molecule has 4 heteroatoms. The van der Waals surface area contributed by atoms with E-state index >= 15 is 0 Å². The Bertz CT molecular complexity index is 508. The number of hydrogen-bond donors (Lipinski definition) is 1. The first-order chi connectivity index (χ1) is 6.68. The lowest BCUT2D eigenvalue weighted by Crippen LogP contribution is -2.23. The Morgan fingerprint density at radius 3 is 2.79 bits per heavy atom. The average molecular weight is 187 g/mol. The Balaban J connectivity index is 2.77. The fourth-order valence-corrected chi connectivity index (χ4v) is 1.29. The van der Waals surface area contributed by atoms with E-state index in [2.05, 4.69) is 4.98 Å². The first-order valence-corrected chi connectivity index (χ1v) is 4.05. The van der Waals surface area contributed by atoms with Crippen LogP contribution in [-0.2, 0) is 0 Å². The second-order valence-corrected chi connectivity index (χ2v) is 2.90. The van der Waals surface area contributed by atoms with E-state index < -0.39 is 5.97 Å². The molecule has 0 aliphatic rings. The molecule has 0 aliphatic carbocycles. The van der Waals surface area contributed by atoms with Gasteiger partial charge in [-0.05, 0) is 12.1 Å². The van der Waals surface area contributed by atoms with Crippen molar-refractivity contribution in [3.05, 3.63) is 35.9 Å². The minimum atomic E-state index is -1.30. The Morgan fingerprint density at radius 1 is 1.36 bits per heavy atom. The second-order valence-electron chi connectivity index (χ2n) is 2.90. The van der Waals surface area contributed by atoms with Gasteiger partial charge in [0.1, 0.15) is 5.82 Å². The van der Waals surface area contributed by atoms with E-state index in [1.54, 1.807) is 18.2 Å². The molecule has 1 aromatic heterocycles. The van der Waals surface area contributed by atoms with Crippen LogP contribution in [0.4, 0.5) is 5.82 Å². The molecule has 2 N–H and O–H groups in total. The van der Waals surface area contributed by atoms with Gasteiger partial charge in [-0.15, -0.1) is 0 Å². The summed E-state index contributed by atoms with van der Waals surface area (Å²) in [5.41, 5.74) is 6.07. The molecule has 0 amide bonds. The summed E-state index contributed by atoms with van der Waals surface area (Å²) < 4.78 is 0. The number of aromatic carboxylic acids is 1. The average Bonchev–Trinajstić information content (AvgIpc) is 2.16. The van der Waals surface area contributed by atoms with Crippen molar-refractivity contribution in [2.24, 2.45) is 0 Å². The summed E-state index contributed by atoms with van der Waals surface area (Å²) >= 11 is 0. The molecule has 0 radical (unpaired) electrons. The summed E-state index contributed by atoms with van der Waals surface area (Å²) in [4.78, 5) is 14.6. The van der Waals surface area contributed by atoms with Crippen molar-refractivity contribution >= 4 is 22.7 Å². The number of aromatic nitrogens is 1. The van der Waals surface area contributed by atoms with Gasteiger partial charge >= 0.3 is 0 Å². The second kappa shape index (κ2) is 2.99. The van der Waals surface area contributed by atoms with Gasteiger partial charge in [0.2, 0.25) is 0 Å². The number of nitrogens with two attached hydrogens (primary N) is 1. The van der Waals surface area contributed by atoms with E-state index in [1.165, 1.54) is 6.07 Å². The Morgan fingerprint density at radius 2 is 2.07 bits per heavy atom. The number of fused-ring (bicyclic) bond motifs is 1. The molecule has 4 nitrogen and oxygen atoms in total. The highest BCUT2D eigenvalue weighted by molar-refractivity contribution is 5.96. The van der Waals surface area contributed by atoms with Crippen LogP contribution < -0.4 is 10.8 Å². The van der Waals surface area contributed by atoms with Crippen molar-refractivity contribution in [3.63, 3.8) is 0 Å². The van der Waals surface area contributed by atoms with E-state index in [1.807, 2.05) is 6.07 Å². The molecule has 2 rings (SSSR count). The number of benzene rings is 1. The fourth-order valence-electron chi connectivity index (χ4n) is 1.29. The van der Waals surface area contributed by atoms with Crippen molar-refractivity contribution in [1.82, 2.24) is 4.98 Å². The third-order valence-electron chi connectivity index (χ3n) is 1.97. The zero-order valence-corrected chi connectivity index (χ0v) is 7.23. The smallest absolute Gasteiger partial charge is 0.133 e. The maximum atomic E-state index is 10.6. The maximum Gasteiger partial charge on any atom is 0.133 e. The third-order valence-corrected chi connectivity index (χ3v) is 1.97. The van der Waals surface area contributed by atoms with Gasteiger partial charge in [0.25, 0.3) is 0 Å². The molecule has 0 saturated carbocycles. The van der Waals surface area contributed by atoms with Crippen molar-refractivity contribution in [2.45, 2.75) is 0 Å². The number of para-hydroxylation sites is 1. The minimum absolute atomic E-state index is 0.0105. The van der Waals surface area contributed by atoms with Crippen LogP contribution in [0.3, 0.4) is 0 Å². The maximum absolute atomic E-state index is 10.6. The third kappa shape index (κ3) is 1.26.